The topological polar surface area (TPSA) is 101 Å². The molecular weight excluding hydrogens is 358 g/mol. The molecule has 0 amide bonds. The Morgan fingerprint density at radius 1 is 1.00 bits per heavy atom. The molecule has 4 rings (SSSR count). The van der Waals surface area contributed by atoms with Gasteiger partial charge in [0.1, 0.15) is 0 Å². The van der Waals surface area contributed by atoms with Gasteiger partial charge in [0.2, 0.25) is 6.54 Å². The minimum absolute atomic E-state index is 0.378. The predicted octanol–water partition coefficient (Wildman–Crippen LogP) is 3.97. The van der Waals surface area contributed by atoms with Crippen LogP contribution in [0.3, 0.4) is 0 Å². The number of carbonyl (C=O) groups is 1. The van der Waals surface area contributed by atoms with Crippen molar-refractivity contribution < 1.29 is 14.5 Å². The van der Waals surface area contributed by atoms with Crippen molar-refractivity contribution in [3.05, 3.63) is 82.2 Å². The van der Waals surface area contributed by atoms with E-state index in [4.69, 9.17) is 4.74 Å². The number of esters is 1. The maximum Gasteiger partial charge on any atom is 0.314 e. The van der Waals surface area contributed by atoms with Crippen molar-refractivity contribution in [3.8, 4) is 0 Å². The van der Waals surface area contributed by atoms with E-state index >= 15 is 0 Å². The first-order valence-corrected chi connectivity index (χ1v) is 8.91. The molecule has 0 spiro atoms. The van der Waals surface area contributed by atoms with Crippen LogP contribution in [0, 0.1) is 10.1 Å². The first-order valence-electron chi connectivity index (χ1n) is 8.91. The fourth-order valence-corrected chi connectivity index (χ4v) is 3.93. The lowest BCUT2D eigenvalue weighted by Gasteiger charge is -2.22. The number of hydrogen-bond donors (Lipinski definition) is 2. The SMILES string of the molecule is COC(=O)[C@H](c1c[nH]c2ccccc12)[C@@H](C[N+](=O)[O-])c1c[nH]c2ccccc12. The van der Waals surface area contributed by atoms with Crippen LogP contribution in [0.1, 0.15) is 23.0 Å². The standard InChI is InChI=1S/C21H19N3O4/c1-28-21(25)20(16-11-23-19-9-5-3-7-14(16)19)17(12-24(26)27)15-10-22-18-8-4-2-6-13(15)18/h2-11,17,20,22-23H,12H2,1H3/t17-,20+/m0/s1. The maximum absolute atomic E-state index is 12.8. The Morgan fingerprint density at radius 2 is 1.54 bits per heavy atom. The number of nitro groups is 1. The molecule has 0 bridgehead atoms. The number of benzene rings is 2. The van der Waals surface area contributed by atoms with Crippen molar-refractivity contribution in [2.75, 3.05) is 13.7 Å². The van der Waals surface area contributed by atoms with E-state index in [1.165, 1.54) is 7.11 Å². The summed E-state index contributed by atoms with van der Waals surface area (Å²) < 4.78 is 5.07. The second-order valence-electron chi connectivity index (χ2n) is 6.70. The molecule has 0 saturated heterocycles. The quantitative estimate of drug-likeness (QED) is 0.302. The number of rotatable bonds is 6. The minimum Gasteiger partial charge on any atom is -0.469 e. The molecule has 0 aliphatic heterocycles. The number of para-hydroxylation sites is 2. The molecule has 142 valence electrons. The number of carbonyl (C=O) groups excluding carboxylic acids is 1. The van der Waals surface area contributed by atoms with Crippen LogP contribution < -0.4 is 0 Å². The number of methoxy groups -OCH3 is 1. The third-order valence-electron chi connectivity index (χ3n) is 5.18. The van der Waals surface area contributed by atoms with Gasteiger partial charge in [-0.2, -0.15) is 0 Å². The normalized spacial score (nSPS) is 13.5. The number of H-pyrrole nitrogens is 2. The van der Waals surface area contributed by atoms with Crippen molar-refractivity contribution in [1.29, 1.82) is 0 Å². The summed E-state index contributed by atoms with van der Waals surface area (Å²) in [5, 5.41) is 13.2. The Labute approximate surface area is 160 Å². The molecular formula is C21H19N3O4. The molecule has 2 N–H and O–H groups in total. The van der Waals surface area contributed by atoms with Crippen LogP contribution in [0.15, 0.2) is 60.9 Å². The lowest BCUT2D eigenvalue weighted by atomic mass is 9.81. The molecule has 2 heterocycles. The summed E-state index contributed by atoms with van der Waals surface area (Å²) >= 11 is 0. The van der Waals surface area contributed by atoms with Crippen LogP contribution in [0.25, 0.3) is 21.8 Å². The van der Waals surface area contributed by atoms with Gasteiger partial charge >= 0.3 is 5.97 Å². The van der Waals surface area contributed by atoms with E-state index in [1.807, 2.05) is 48.5 Å². The summed E-state index contributed by atoms with van der Waals surface area (Å²) in [6, 6.07) is 15.1. The zero-order valence-electron chi connectivity index (χ0n) is 15.2. The number of fused-ring (bicyclic) bond motifs is 2. The maximum atomic E-state index is 12.8. The number of hydrogen-bond acceptors (Lipinski definition) is 4. The van der Waals surface area contributed by atoms with Gasteiger partial charge in [-0.05, 0) is 23.3 Å². The van der Waals surface area contributed by atoms with Crippen LogP contribution in [0.2, 0.25) is 0 Å². The molecule has 4 aromatic rings. The van der Waals surface area contributed by atoms with Crippen molar-refractivity contribution in [2.45, 2.75) is 11.8 Å². The molecule has 0 radical (unpaired) electrons. The highest BCUT2D eigenvalue weighted by Gasteiger charge is 2.38. The first-order chi connectivity index (χ1) is 13.6. The van der Waals surface area contributed by atoms with Gasteiger partial charge in [0.15, 0.2) is 0 Å². The Morgan fingerprint density at radius 3 is 2.11 bits per heavy atom. The molecule has 28 heavy (non-hydrogen) atoms. The molecule has 7 nitrogen and oxygen atoms in total. The van der Waals surface area contributed by atoms with E-state index in [9.17, 15) is 14.9 Å². The van der Waals surface area contributed by atoms with Gasteiger partial charge in [0, 0.05) is 39.1 Å². The zero-order valence-corrected chi connectivity index (χ0v) is 15.2. The summed E-state index contributed by atoms with van der Waals surface area (Å²) in [5.74, 6) is -1.99. The van der Waals surface area contributed by atoms with E-state index in [2.05, 4.69) is 9.97 Å². The van der Waals surface area contributed by atoms with Gasteiger partial charge in [-0.25, -0.2) is 0 Å². The molecule has 0 unspecified atom stereocenters. The molecule has 2 aromatic heterocycles. The Hall–Kier alpha value is -3.61. The van der Waals surface area contributed by atoms with Gasteiger partial charge in [0.25, 0.3) is 0 Å². The van der Waals surface area contributed by atoms with Crippen LogP contribution >= 0.6 is 0 Å². The third-order valence-corrected chi connectivity index (χ3v) is 5.18. The zero-order chi connectivity index (χ0) is 19.7. The van der Waals surface area contributed by atoms with Gasteiger partial charge in [-0.1, -0.05) is 36.4 Å². The highest BCUT2D eigenvalue weighted by molar-refractivity contribution is 5.92. The fourth-order valence-electron chi connectivity index (χ4n) is 3.93. The number of aromatic nitrogens is 2. The molecule has 2 aromatic carbocycles. The average molecular weight is 377 g/mol. The second-order valence-corrected chi connectivity index (χ2v) is 6.70. The molecule has 0 aliphatic rings. The van der Waals surface area contributed by atoms with Crippen molar-refractivity contribution in [3.63, 3.8) is 0 Å². The van der Waals surface area contributed by atoms with Gasteiger partial charge in [0.05, 0.1) is 18.9 Å². The second kappa shape index (κ2) is 7.19. The van der Waals surface area contributed by atoms with E-state index in [0.717, 1.165) is 27.4 Å². The smallest absolute Gasteiger partial charge is 0.314 e. The first kappa shape index (κ1) is 17.8. The van der Waals surface area contributed by atoms with E-state index in [-0.39, 0.29) is 11.5 Å². The van der Waals surface area contributed by atoms with Crippen molar-refractivity contribution in [1.82, 2.24) is 9.97 Å². The van der Waals surface area contributed by atoms with Crippen molar-refractivity contribution in [2.24, 2.45) is 0 Å². The monoisotopic (exact) mass is 377 g/mol. The van der Waals surface area contributed by atoms with E-state index < -0.39 is 17.8 Å². The average Bonchev–Trinajstić information content (AvgIpc) is 3.31. The predicted molar refractivity (Wildman–Crippen MR) is 106 cm³/mol. The summed E-state index contributed by atoms with van der Waals surface area (Å²) in [4.78, 5) is 30.3. The Balaban J connectivity index is 1.92. The highest BCUT2D eigenvalue weighted by atomic mass is 16.6. The highest BCUT2D eigenvalue weighted by Crippen LogP contribution is 2.40. The van der Waals surface area contributed by atoms with Crippen LogP contribution in [-0.4, -0.2) is 34.5 Å². The molecule has 0 saturated carbocycles. The van der Waals surface area contributed by atoms with Gasteiger partial charge < -0.3 is 14.7 Å². The van der Waals surface area contributed by atoms with Crippen LogP contribution in [0.5, 0.6) is 0 Å². The Bertz CT molecular complexity index is 1160. The van der Waals surface area contributed by atoms with E-state index in [1.54, 1.807) is 12.4 Å². The van der Waals surface area contributed by atoms with Gasteiger partial charge in [-0.3, -0.25) is 14.9 Å². The van der Waals surface area contributed by atoms with Crippen molar-refractivity contribution >= 4 is 27.8 Å². The summed E-state index contributed by atoms with van der Waals surface area (Å²) in [6.45, 7) is -0.388. The number of aromatic amines is 2. The summed E-state index contributed by atoms with van der Waals surface area (Å²) in [7, 11) is 1.31. The summed E-state index contributed by atoms with van der Waals surface area (Å²) in [5.41, 5.74) is 3.16. The van der Waals surface area contributed by atoms with Crippen LogP contribution in [-0.2, 0) is 9.53 Å². The lowest BCUT2D eigenvalue weighted by molar-refractivity contribution is -0.483. The molecule has 0 aliphatic carbocycles. The largest absolute Gasteiger partial charge is 0.469 e. The van der Waals surface area contributed by atoms with E-state index in [0.29, 0.717) is 5.56 Å². The molecule has 2 atom stereocenters. The van der Waals surface area contributed by atoms with Gasteiger partial charge in [-0.15, -0.1) is 0 Å². The van der Waals surface area contributed by atoms with Crippen LogP contribution in [0.4, 0.5) is 0 Å². The number of nitrogens with zero attached hydrogens (tertiary/aromatic N) is 1. The molecule has 7 heteroatoms. The molecule has 0 fully saturated rings. The summed E-state index contributed by atoms with van der Waals surface area (Å²) in [6.07, 6.45) is 3.50. The third kappa shape index (κ3) is 3.00. The fraction of sp³-hybridized carbons (Fsp3) is 0.190. The number of ether oxygens (including phenoxy) is 1. The number of nitrogens with one attached hydrogen (secondary N) is 2. The lowest BCUT2D eigenvalue weighted by Crippen LogP contribution is -2.27. The Kier molecular flexibility index (Phi) is 4.57. The minimum atomic E-state index is -0.814.